The summed E-state index contributed by atoms with van der Waals surface area (Å²) in [5, 5.41) is 18.2. The molecule has 1 rings (SSSR count). The largest absolute Gasteiger partial charge is 0.480 e. The fraction of sp³-hybridized carbons (Fsp3) is 0.900. The number of carbonyl (C=O) groups is 1. The van der Waals surface area contributed by atoms with Gasteiger partial charge in [0.25, 0.3) is 0 Å². The van der Waals surface area contributed by atoms with Gasteiger partial charge in [0.2, 0.25) is 0 Å². The maximum atomic E-state index is 10.7. The lowest BCUT2D eigenvalue weighted by Crippen LogP contribution is -2.45. The molecular weight excluding hydrogens is 182 g/mol. The van der Waals surface area contributed by atoms with Crippen molar-refractivity contribution in [1.82, 2.24) is 4.90 Å². The first-order valence-corrected chi connectivity index (χ1v) is 5.17. The van der Waals surface area contributed by atoms with Crippen LogP contribution in [0.5, 0.6) is 0 Å². The molecule has 0 spiro atoms. The van der Waals surface area contributed by atoms with Gasteiger partial charge in [-0.25, -0.2) is 0 Å². The van der Waals surface area contributed by atoms with E-state index in [4.69, 9.17) is 5.11 Å². The summed E-state index contributed by atoms with van der Waals surface area (Å²) in [4.78, 5) is 12.7. The fourth-order valence-corrected chi connectivity index (χ4v) is 1.95. The Morgan fingerprint density at radius 3 is 2.21 bits per heavy atom. The van der Waals surface area contributed by atoms with E-state index in [9.17, 15) is 9.90 Å². The van der Waals surface area contributed by atoms with E-state index in [-0.39, 0.29) is 6.10 Å². The average molecular weight is 201 g/mol. The minimum absolute atomic E-state index is 0.266. The Balaban J connectivity index is 2.39. The number of carboxylic acid groups (broad SMARTS) is 1. The molecule has 0 aromatic carbocycles. The third-order valence-electron chi connectivity index (χ3n) is 3.16. The predicted molar refractivity (Wildman–Crippen MR) is 53.1 cm³/mol. The first kappa shape index (κ1) is 11.5. The Kier molecular flexibility index (Phi) is 3.89. The Hall–Kier alpha value is -0.610. The smallest absolute Gasteiger partial charge is 0.320 e. The molecule has 1 heterocycles. The van der Waals surface area contributed by atoms with Crippen LogP contribution in [0.3, 0.4) is 0 Å². The highest BCUT2D eigenvalue weighted by Gasteiger charge is 2.27. The lowest BCUT2D eigenvalue weighted by atomic mass is 9.91. The number of hydrogen-bond donors (Lipinski definition) is 2. The lowest BCUT2D eigenvalue weighted by molar-refractivity contribution is -0.143. The molecule has 2 N–H and O–H groups in total. The molecule has 1 saturated heterocycles. The van der Waals surface area contributed by atoms with E-state index in [1.54, 1.807) is 13.8 Å². The van der Waals surface area contributed by atoms with Gasteiger partial charge in [-0.05, 0) is 45.7 Å². The van der Waals surface area contributed by atoms with Crippen LogP contribution in [-0.4, -0.2) is 46.3 Å². The molecule has 82 valence electrons. The minimum atomic E-state index is -0.763. The maximum absolute atomic E-state index is 10.7. The van der Waals surface area contributed by atoms with Crippen molar-refractivity contribution in [1.29, 1.82) is 0 Å². The van der Waals surface area contributed by atoms with Crippen molar-refractivity contribution in [3.63, 3.8) is 0 Å². The van der Waals surface area contributed by atoms with Crippen molar-refractivity contribution in [3.8, 4) is 0 Å². The second kappa shape index (κ2) is 4.75. The Bertz CT molecular complexity index is 198. The first-order chi connectivity index (χ1) is 6.52. The highest BCUT2D eigenvalue weighted by atomic mass is 16.4. The summed E-state index contributed by atoms with van der Waals surface area (Å²) in [6.45, 7) is 5.08. The summed E-state index contributed by atoms with van der Waals surface area (Å²) in [6.07, 6.45) is 1.53. The van der Waals surface area contributed by atoms with Gasteiger partial charge in [-0.1, -0.05) is 0 Å². The maximum Gasteiger partial charge on any atom is 0.320 e. The van der Waals surface area contributed by atoms with Gasteiger partial charge in [-0.15, -0.1) is 0 Å². The van der Waals surface area contributed by atoms with Crippen LogP contribution in [0.1, 0.15) is 26.7 Å². The molecule has 0 aromatic heterocycles. The summed E-state index contributed by atoms with van der Waals surface area (Å²) in [6, 6.07) is -0.398. The normalized spacial score (nSPS) is 24.5. The SMILES string of the molecule is CC(O)C1CCN(C(C)C(=O)O)CC1. The second-order valence-corrected chi connectivity index (χ2v) is 4.13. The summed E-state index contributed by atoms with van der Waals surface area (Å²) in [5.41, 5.74) is 0. The molecule has 0 amide bonds. The van der Waals surface area contributed by atoms with Crippen LogP contribution < -0.4 is 0 Å². The first-order valence-electron chi connectivity index (χ1n) is 5.17. The van der Waals surface area contributed by atoms with E-state index >= 15 is 0 Å². The number of aliphatic carboxylic acids is 1. The van der Waals surface area contributed by atoms with E-state index in [2.05, 4.69) is 0 Å². The summed E-state index contributed by atoms with van der Waals surface area (Å²) in [5.74, 6) is -0.423. The zero-order valence-corrected chi connectivity index (χ0v) is 8.81. The van der Waals surface area contributed by atoms with Gasteiger partial charge >= 0.3 is 5.97 Å². The van der Waals surface area contributed by atoms with Crippen molar-refractivity contribution in [2.75, 3.05) is 13.1 Å². The zero-order chi connectivity index (χ0) is 10.7. The standard InChI is InChI=1S/C10H19NO3/c1-7(10(13)14)11-5-3-9(4-6-11)8(2)12/h7-9,12H,3-6H2,1-2H3,(H,13,14). The van der Waals surface area contributed by atoms with Crippen molar-refractivity contribution in [2.24, 2.45) is 5.92 Å². The van der Waals surface area contributed by atoms with Crippen molar-refractivity contribution >= 4 is 5.97 Å². The van der Waals surface area contributed by atoms with Gasteiger partial charge in [-0.2, -0.15) is 0 Å². The van der Waals surface area contributed by atoms with Crippen LogP contribution in [0.4, 0.5) is 0 Å². The van der Waals surface area contributed by atoms with Crippen molar-refractivity contribution in [3.05, 3.63) is 0 Å². The van der Waals surface area contributed by atoms with Gasteiger partial charge in [0, 0.05) is 0 Å². The topological polar surface area (TPSA) is 60.8 Å². The number of likely N-dealkylation sites (tertiary alicyclic amines) is 1. The summed E-state index contributed by atoms with van der Waals surface area (Å²) in [7, 11) is 0. The third kappa shape index (κ3) is 2.69. The van der Waals surface area contributed by atoms with Gasteiger partial charge in [0.05, 0.1) is 6.10 Å². The van der Waals surface area contributed by atoms with Crippen molar-refractivity contribution < 1.29 is 15.0 Å². The molecule has 1 aliphatic rings. The number of aliphatic hydroxyl groups excluding tert-OH is 1. The molecule has 4 nitrogen and oxygen atoms in total. The monoisotopic (exact) mass is 201 g/mol. The zero-order valence-electron chi connectivity index (χ0n) is 8.81. The Morgan fingerprint density at radius 2 is 1.86 bits per heavy atom. The number of carboxylic acids is 1. The molecule has 2 atom stereocenters. The molecule has 0 radical (unpaired) electrons. The van der Waals surface area contributed by atoms with E-state index in [1.807, 2.05) is 4.90 Å². The van der Waals surface area contributed by atoms with Crippen LogP contribution in [0.2, 0.25) is 0 Å². The molecule has 4 heteroatoms. The summed E-state index contributed by atoms with van der Waals surface area (Å²) < 4.78 is 0. The highest BCUT2D eigenvalue weighted by molar-refractivity contribution is 5.72. The Labute approximate surface area is 84.5 Å². The van der Waals surface area contributed by atoms with Gasteiger partial charge in [-0.3, -0.25) is 9.69 Å². The molecule has 0 aromatic rings. The Morgan fingerprint density at radius 1 is 1.36 bits per heavy atom. The van der Waals surface area contributed by atoms with Gasteiger partial charge in [0.1, 0.15) is 6.04 Å². The van der Waals surface area contributed by atoms with Crippen LogP contribution in [-0.2, 0) is 4.79 Å². The number of rotatable bonds is 3. The molecular formula is C10H19NO3. The third-order valence-corrected chi connectivity index (χ3v) is 3.16. The second-order valence-electron chi connectivity index (χ2n) is 4.13. The number of aliphatic hydroxyl groups is 1. The predicted octanol–water partition coefficient (Wildman–Crippen LogP) is 0.552. The molecule has 0 aliphatic carbocycles. The average Bonchev–Trinajstić information content (AvgIpc) is 2.16. The van der Waals surface area contributed by atoms with Crippen LogP contribution in [0, 0.1) is 5.92 Å². The molecule has 1 aliphatic heterocycles. The van der Waals surface area contributed by atoms with Crippen molar-refractivity contribution in [2.45, 2.75) is 38.8 Å². The number of hydrogen-bond acceptors (Lipinski definition) is 3. The van der Waals surface area contributed by atoms with Crippen LogP contribution >= 0.6 is 0 Å². The van der Waals surface area contributed by atoms with Crippen LogP contribution in [0.25, 0.3) is 0 Å². The van der Waals surface area contributed by atoms with Gasteiger partial charge < -0.3 is 10.2 Å². The van der Waals surface area contributed by atoms with E-state index < -0.39 is 12.0 Å². The fourth-order valence-electron chi connectivity index (χ4n) is 1.95. The van der Waals surface area contributed by atoms with E-state index in [1.165, 1.54) is 0 Å². The van der Waals surface area contributed by atoms with Crippen LogP contribution in [0.15, 0.2) is 0 Å². The molecule has 0 bridgehead atoms. The molecule has 14 heavy (non-hydrogen) atoms. The number of nitrogens with zero attached hydrogens (tertiary/aromatic N) is 1. The quantitative estimate of drug-likeness (QED) is 0.700. The molecule has 0 saturated carbocycles. The molecule has 2 unspecified atom stereocenters. The molecule has 1 fully saturated rings. The minimum Gasteiger partial charge on any atom is -0.480 e. The number of piperidine rings is 1. The summed E-state index contributed by atoms with van der Waals surface area (Å²) >= 11 is 0. The van der Waals surface area contributed by atoms with Gasteiger partial charge in [0.15, 0.2) is 0 Å². The van der Waals surface area contributed by atoms with E-state index in [0.717, 1.165) is 25.9 Å². The highest BCUT2D eigenvalue weighted by Crippen LogP contribution is 2.21. The lowest BCUT2D eigenvalue weighted by Gasteiger charge is -2.35. The van der Waals surface area contributed by atoms with E-state index in [0.29, 0.717) is 5.92 Å².